The van der Waals surface area contributed by atoms with Gasteiger partial charge in [-0.3, -0.25) is 0 Å². The van der Waals surface area contributed by atoms with E-state index in [1.165, 1.54) is 0 Å². The largest absolute Gasteiger partial charge is 0.454 e. The van der Waals surface area contributed by atoms with Crippen molar-refractivity contribution in [1.29, 1.82) is 0 Å². The average molecular weight is 1730 g/mol. The predicted octanol–water partition coefficient (Wildman–Crippen LogP) is 35.8. The van der Waals surface area contributed by atoms with Gasteiger partial charge in [0.1, 0.15) is 0 Å². The molecule has 0 radical (unpaired) electrons. The van der Waals surface area contributed by atoms with Crippen LogP contribution in [0.2, 0.25) is 0 Å². The van der Waals surface area contributed by atoms with Crippen LogP contribution in [0.1, 0.15) is 22.3 Å². The van der Waals surface area contributed by atoms with Crippen LogP contribution in [0.3, 0.4) is 0 Å². The van der Waals surface area contributed by atoms with Crippen molar-refractivity contribution >= 4 is 0 Å². The van der Waals surface area contributed by atoms with Crippen LogP contribution in [0, 0.1) is 0 Å². The van der Waals surface area contributed by atoms with E-state index in [0.29, 0.717) is 11.5 Å². The first-order chi connectivity index (χ1) is 67.3. The number of hydrogen-bond acceptors (Lipinski definition) is 2. The van der Waals surface area contributed by atoms with Crippen molar-refractivity contribution in [2.45, 2.75) is 5.41 Å². The normalized spacial score (nSPS) is 12.1. The molecule has 0 amide bonds. The van der Waals surface area contributed by atoms with E-state index >= 15 is 0 Å². The Morgan fingerprint density at radius 1 is 0.125 bits per heavy atom. The fraction of sp³-hybridized carbons (Fsp3) is 0.0149. The Balaban J connectivity index is 0.798. The van der Waals surface area contributed by atoms with Gasteiger partial charge in [-0.05, 0) is 385 Å². The third-order valence-corrected chi connectivity index (χ3v) is 27.4. The number of hydrogen-bond donors (Lipinski definition) is 0. The molecule has 22 aromatic rings. The Kier molecular flexibility index (Phi) is 21.4. The minimum Gasteiger partial charge on any atom is -0.454 e. The van der Waals surface area contributed by atoms with E-state index in [1.807, 2.05) is 0 Å². The molecule has 638 valence electrons. The maximum absolute atomic E-state index is 6.83. The zero-order valence-corrected chi connectivity index (χ0v) is 74.8. The summed E-state index contributed by atoms with van der Waals surface area (Å²) in [6.07, 6.45) is 0. The summed E-state index contributed by atoms with van der Waals surface area (Å²) in [6.45, 7) is 0.0852. The molecule has 2 nitrogen and oxygen atoms in total. The molecule has 0 saturated carbocycles. The Bertz CT molecular complexity index is 7240. The van der Waals surface area contributed by atoms with Crippen LogP contribution in [0.25, 0.3) is 211 Å². The average Bonchev–Trinajstić information content (AvgIpc) is 1.51. The molecule has 136 heavy (non-hydrogen) atoms. The first kappa shape index (κ1) is 81.7. The first-order valence-electron chi connectivity index (χ1n) is 46.8. The third-order valence-electron chi connectivity index (χ3n) is 27.4. The van der Waals surface area contributed by atoms with Crippen LogP contribution in [-0.4, -0.2) is 6.79 Å². The van der Waals surface area contributed by atoms with Gasteiger partial charge in [0.05, 0.1) is 5.41 Å². The van der Waals surface area contributed by atoms with Gasteiger partial charge in [0.2, 0.25) is 6.79 Å². The lowest BCUT2D eigenvalue weighted by molar-refractivity contribution is 0.174. The molecular formula is C134H90O2. The maximum atomic E-state index is 6.83. The predicted molar refractivity (Wildman–Crippen MR) is 568 cm³/mol. The topological polar surface area (TPSA) is 18.5 Å². The summed E-state index contributed by atoms with van der Waals surface area (Å²) < 4.78 is 13.5. The van der Waals surface area contributed by atoms with Gasteiger partial charge in [0.25, 0.3) is 0 Å². The Labute approximate surface area is 795 Å². The maximum Gasteiger partial charge on any atom is 0.231 e. The highest BCUT2D eigenvalue weighted by Gasteiger charge is 2.49. The standard InChI is InChI=1S/C134H90O2/c1-10-34-90(35-11-1)99-52-32-61-108(68-99)127-62-33-63-129-133(127)128-87-131-132(136-89-135-131)88-130(128)134(129,125-83-121(104-57-28-53-100(64-104)117-73-109(91-36-12-2-13-37-91)69-110(74-117)92-38-14-3-15-39-92)81-122(84-125)105-58-29-54-101(65-105)118-75-111(93-40-16-4-17-41-93)70-112(76-118)94-42-18-5-19-43-94)126-85-123(106-59-30-55-102(66-106)119-77-113(95-44-20-6-21-45-95)71-114(78-119)96-46-22-7-23-47-96)82-124(86-126)107-60-31-56-103(67-107)120-79-115(97-48-24-8-25-49-97)72-116(80-120)98-50-26-9-27-51-98/h1-88H,89H2. The lowest BCUT2D eigenvalue weighted by atomic mass is 9.65. The van der Waals surface area contributed by atoms with Gasteiger partial charge in [-0.1, -0.05) is 382 Å². The Morgan fingerprint density at radius 3 is 0.551 bits per heavy atom. The second-order valence-electron chi connectivity index (χ2n) is 35.7. The summed E-state index contributed by atoms with van der Waals surface area (Å²) in [7, 11) is 0. The summed E-state index contributed by atoms with van der Waals surface area (Å²) in [4.78, 5) is 0. The minimum absolute atomic E-state index is 0.0852. The summed E-state index contributed by atoms with van der Waals surface area (Å²) in [5.74, 6) is 1.40. The molecule has 2 aliphatic rings. The van der Waals surface area contributed by atoms with E-state index in [9.17, 15) is 0 Å². The molecule has 24 rings (SSSR count). The molecule has 0 spiro atoms. The quantitative estimate of drug-likeness (QED) is 0.0757. The molecule has 0 saturated heterocycles. The molecule has 22 aromatic carbocycles. The van der Waals surface area contributed by atoms with Crippen molar-refractivity contribution in [1.82, 2.24) is 0 Å². The summed E-state index contributed by atoms with van der Waals surface area (Å²) >= 11 is 0. The third kappa shape index (κ3) is 15.9. The van der Waals surface area contributed by atoms with Gasteiger partial charge in [-0.25, -0.2) is 0 Å². The zero-order valence-electron chi connectivity index (χ0n) is 74.8. The van der Waals surface area contributed by atoms with Gasteiger partial charge in [-0.2, -0.15) is 0 Å². The molecule has 0 bridgehead atoms. The fourth-order valence-electron chi connectivity index (χ4n) is 20.7. The van der Waals surface area contributed by atoms with E-state index in [2.05, 4.69) is 534 Å². The molecule has 0 unspecified atom stereocenters. The smallest absolute Gasteiger partial charge is 0.231 e. The number of ether oxygens (including phenoxy) is 2. The lowest BCUT2D eigenvalue weighted by Gasteiger charge is -2.36. The van der Waals surface area contributed by atoms with Crippen molar-refractivity contribution in [2.24, 2.45) is 0 Å². The van der Waals surface area contributed by atoms with Crippen molar-refractivity contribution in [2.75, 3.05) is 6.79 Å². The molecule has 0 atom stereocenters. The van der Waals surface area contributed by atoms with E-state index in [-0.39, 0.29) is 6.79 Å². The Hall–Kier alpha value is -17.6. The number of benzene rings is 22. The Morgan fingerprint density at radius 2 is 0.301 bits per heavy atom. The first-order valence-corrected chi connectivity index (χ1v) is 46.8. The molecular weight excluding hydrogens is 1640 g/mol. The van der Waals surface area contributed by atoms with E-state index < -0.39 is 5.41 Å². The second-order valence-corrected chi connectivity index (χ2v) is 35.7. The van der Waals surface area contributed by atoms with Crippen LogP contribution in [0.5, 0.6) is 11.5 Å². The van der Waals surface area contributed by atoms with Gasteiger partial charge in [0.15, 0.2) is 11.5 Å². The van der Waals surface area contributed by atoms with Gasteiger partial charge < -0.3 is 9.47 Å². The molecule has 2 heteroatoms. The molecule has 1 aliphatic heterocycles. The highest BCUT2D eigenvalue weighted by Crippen LogP contribution is 2.63. The van der Waals surface area contributed by atoms with Gasteiger partial charge in [0, 0.05) is 0 Å². The number of fused-ring (bicyclic) bond motifs is 4. The number of rotatable bonds is 20. The minimum atomic E-state index is -1.16. The van der Waals surface area contributed by atoms with Gasteiger partial charge >= 0.3 is 0 Å². The summed E-state index contributed by atoms with van der Waals surface area (Å²) in [5.41, 5.74) is 45.6. The monoisotopic (exact) mass is 1730 g/mol. The van der Waals surface area contributed by atoms with Gasteiger partial charge in [-0.15, -0.1) is 0 Å². The van der Waals surface area contributed by atoms with Crippen molar-refractivity contribution < 1.29 is 9.47 Å². The van der Waals surface area contributed by atoms with Crippen molar-refractivity contribution in [3.8, 4) is 223 Å². The van der Waals surface area contributed by atoms with E-state index in [4.69, 9.17) is 9.47 Å². The van der Waals surface area contributed by atoms with Crippen LogP contribution in [0.15, 0.2) is 534 Å². The molecule has 0 aromatic heterocycles. The van der Waals surface area contributed by atoms with Crippen LogP contribution in [0.4, 0.5) is 0 Å². The van der Waals surface area contributed by atoms with Crippen LogP contribution >= 0.6 is 0 Å². The molecule has 1 heterocycles. The molecule has 0 N–H and O–H groups in total. The highest BCUT2D eigenvalue weighted by molar-refractivity contribution is 6.00. The summed E-state index contributed by atoms with van der Waals surface area (Å²) in [6, 6.07) is 198. The zero-order chi connectivity index (χ0) is 90.3. The highest BCUT2D eigenvalue weighted by atomic mass is 16.7. The van der Waals surface area contributed by atoms with Crippen LogP contribution in [-0.2, 0) is 5.41 Å². The van der Waals surface area contributed by atoms with E-state index in [0.717, 1.165) is 234 Å². The molecule has 0 fully saturated rings. The second kappa shape index (κ2) is 35.6. The van der Waals surface area contributed by atoms with Crippen LogP contribution < -0.4 is 9.47 Å². The van der Waals surface area contributed by atoms with Crippen molar-refractivity contribution in [3.63, 3.8) is 0 Å². The molecule has 1 aliphatic carbocycles. The van der Waals surface area contributed by atoms with E-state index in [1.54, 1.807) is 0 Å². The fourth-order valence-corrected chi connectivity index (χ4v) is 20.7. The lowest BCUT2D eigenvalue weighted by Crippen LogP contribution is -2.29. The summed E-state index contributed by atoms with van der Waals surface area (Å²) in [5, 5.41) is 0. The SMILES string of the molecule is c1ccc(-c2cc(-c3ccccc3)cc(-c3cccc(-c4cc(-c5cccc(-c6cc(-c7ccccc7)cc(-c7ccccc7)c6)c5)cc(C5(c6cc(-c7cccc(-c8cc(-c9ccccc9)cc(-c9ccccc9)c8)c7)cc(-c7cccc(-c8cc(-c9ccccc9)cc(-c9ccccc9)c8)c7)c6)c6cc7c(cc6-c6c(-c8cccc(-c9ccccc9)c8)cccc65)OCO7)c4)c3)c2)cc1. The van der Waals surface area contributed by atoms with Crippen molar-refractivity contribution in [3.05, 3.63) is 556 Å².